The van der Waals surface area contributed by atoms with Crippen LogP contribution in [0.15, 0.2) is 48.7 Å². The molecule has 2 aromatic heterocycles. The fraction of sp³-hybridized carbons (Fsp3) is 0.324. The van der Waals surface area contributed by atoms with E-state index in [0.29, 0.717) is 46.6 Å². The van der Waals surface area contributed by atoms with Gasteiger partial charge in [0.25, 0.3) is 11.8 Å². The molecule has 14 heteroatoms. The lowest BCUT2D eigenvalue weighted by molar-refractivity contribution is -0.242. The predicted molar refractivity (Wildman–Crippen MR) is 177 cm³/mol. The summed E-state index contributed by atoms with van der Waals surface area (Å²) in [5, 5.41) is 7.77. The molecule has 7 rings (SSSR count). The monoisotopic (exact) mass is 671 g/mol. The SMILES string of the molecule is COC(=O)C1(N2Cc3cnc(C(=O)Nc4cccc(-c5cccc(NC(=O)c6nc7c(n6C)CCN(C)C7)c5Cl)c4C)cc3O2)COC1. The van der Waals surface area contributed by atoms with Crippen molar-refractivity contribution >= 4 is 40.8 Å². The van der Waals surface area contributed by atoms with Gasteiger partial charge in [0.05, 0.1) is 43.3 Å². The van der Waals surface area contributed by atoms with Gasteiger partial charge in [0.15, 0.2) is 17.1 Å². The third-order valence-electron chi connectivity index (χ3n) is 9.19. The van der Waals surface area contributed by atoms with Gasteiger partial charge in [-0.05, 0) is 37.2 Å². The Hall–Kier alpha value is -4.82. The quantitative estimate of drug-likeness (QED) is 0.277. The molecule has 1 saturated heterocycles. The van der Waals surface area contributed by atoms with Crippen LogP contribution in [0.4, 0.5) is 11.4 Å². The zero-order valence-electron chi connectivity index (χ0n) is 26.9. The number of anilines is 2. The van der Waals surface area contributed by atoms with Crippen molar-refractivity contribution in [2.75, 3.05) is 44.5 Å². The summed E-state index contributed by atoms with van der Waals surface area (Å²) in [4.78, 5) is 56.3. The number of pyridine rings is 1. The van der Waals surface area contributed by atoms with Gasteiger partial charge in [0.1, 0.15) is 5.69 Å². The molecule has 1 fully saturated rings. The van der Waals surface area contributed by atoms with Gasteiger partial charge >= 0.3 is 5.97 Å². The summed E-state index contributed by atoms with van der Waals surface area (Å²) in [5.74, 6) is -0.474. The van der Waals surface area contributed by atoms with Crippen LogP contribution in [0.25, 0.3) is 11.1 Å². The van der Waals surface area contributed by atoms with Crippen molar-refractivity contribution in [3.63, 3.8) is 0 Å². The van der Waals surface area contributed by atoms with Gasteiger partial charge < -0.3 is 34.4 Å². The van der Waals surface area contributed by atoms with Crippen molar-refractivity contribution in [2.24, 2.45) is 7.05 Å². The molecule has 0 atom stereocenters. The number of aromatic nitrogens is 3. The highest BCUT2D eigenvalue weighted by Crippen LogP contribution is 2.39. The van der Waals surface area contributed by atoms with Crippen molar-refractivity contribution in [1.29, 1.82) is 0 Å². The molecule has 0 bridgehead atoms. The molecule has 13 nitrogen and oxygen atoms in total. The van der Waals surface area contributed by atoms with Crippen LogP contribution in [0.2, 0.25) is 5.02 Å². The highest BCUT2D eigenvalue weighted by Gasteiger charge is 2.55. The number of ether oxygens (including phenoxy) is 2. The number of carbonyl (C=O) groups is 3. The van der Waals surface area contributed by atoms with Crippen molar-refractivity contribution in [2.45, 2.75) is 32.0 Å². The van der Waals surface area contributed by atoms with Crippen LogP contribution in [0.3, 0.4) is 0 Å². The van der Waals surface area contributed by atoms with E-state index >= 15 is 0 Å². The Morgan fingerprint density at radius 3 is 2.46 bits per heavy atom. The van der Waals surface area contributed by atoms with E-state index in [0.717, 1.165) is 41.0 Å². The van der Waals surface area contributed by atoms with Gasteiger partial charge in [-0.15, -0.1) is 5.06 Å². The van der Waals surface area contributed by atoms with E-state index in [4.69, 9.17) is 25.9 Å². The summed E-state index contributed by atoms with van der Waals surface area (Å²) >= 11 is 6.90. The molecule has 0 radical (unpaired) electrons. The second-order valence-electron chi connectivity index (χ2n) is 12.3. The molecule has 248 valence electrons. The number of amides is 2. The fourth-order valence-corrected chi connectivity index (χ4v) is 6.59. The van der Waals surface area contributed by atoms with E-state index in [-0.39, 0.29) is 24.8 Å². The molecule has 5 heterocycles. The number of methoxy groups -OCH3 is 1. The number of nitrogens with zero attached hydrogens (tertiary/aromatic N) is 5. The molecule has 2 amide bonds. The number of likely N-dealkylation sites (N-methyl/N-ethyl adjacent to an activating group) is 1. The Labute approximate surface area is 281 Å². The molecule has 0 spiro atoms. The number of carbonyl (C=O) groups excluding carboxylic acids is 3. The highest BCUT2D eigenvalue weighted by atomic mass is 35.5. The zero-order valence-corrected chi connectivity index (χ0v) is 27.7. The Kier molecular flexibility index (Phi) is 8.16. The molecule has 0 saturated carbocycles. The topological polar surface area (TPSA) is 140 Å². The third kappa shape index (κ3) is 5.38. The van der Waals surface area contributed by atoms with E-state index in [9.17, 15) is 14.4 Å². The number of halogens is 1. The summed E-state index contributed by atoms with van der Waals surface area (Å²) < 4.78 is 12.1. The zero-order chi connectivity index (χ0) is 33.7. The largest absolute Gasteiger partial charge is 0.467 e. The average Bonchev–Trinajstić information content (AvgIpc) is 3.62. The Balaban J connectivity index is 1.08. The number of nitrogens with one attached hydrogen (secondary N) is 2. The number of hydroxylamine groups is 2. The van der Waals surface area contributed by atoms with Crippen molar-refractivity contribution in [1.82, 2.24) is 24.5 Å². The van der Waals surface area contributed by atoms with Crippen molar-refractivity contribution in [3.8, 4) is 16.9 Å². The van der Waals surface area contributed by atoms with Crippen molar-refractivity contribution < 1.29 is 28.7 Å². The maximum Gasteiger partial charge on any atom is 0.334 e. The Morgan fingerprint density at radius 2 is 1.73 bits per heavy atom. The van der Waals surface area contributed by atoms with Gasteiger partial charge in [0, 0.05) is 61.3 Å². The van der Waals surface area contributed by atoms with Crippen LogP contribution in [-0.2, 0) is 40.8 Å². The number of rotatable bonds is 7. The van der Waals surface area contributed by atoms with Crippen LogP contribution in [0, 0.1) is 6.92 Å². The summed E-state index contributed by atoms with van der Waals surface area (Å²) in [7, 11) is 5.22. The second kappa shape index (κ2) is 12.3. The Morgan fingerprint density at radius 1 is 1.00 bits per heavy atom. The summed E-state index contributed by atoms with van der Waals surface area (Å²) in [6.07, 6.45) is 2.39. The third-order valence-corrected chi connectivity index (χ3v) is 9.60. The first kappa shape index (κ1) is 31.8. The van der Waals surface area contributed by atoms with Gasteiger partial charge in [-0.25, -0.2) is 9.78 Å². The first-order valence-electron chi connectivity index (χ1n) is 15.4. The minimum absolute atomic E-state index is 0.141. The fourth-order valence-electron chi connectivity index (χ4n) is 6.31. The molecular formula is C34H34ClN7O6. The summed E-state index contributed by atoms with van der Waals surface area (Å²) in [5.41, 5.74) is 5.06. The lowest BCUT2D eigenvalue weighted by Gasteiger charge is -2.43. The molecule has 4 aromatic rings. The molecule has 3 aliphatic rings. The van der Waals surface area contributed by atoms with E-state index in [2.05, 4.69) is 25.5 Å². The minimum atomic E-state index is -1.04. The van der Waals surface area contributed by atoms with Crippen LogP contribution in [0.5, 0.6) is 5.75 Å². The summed E-state index contributed by atoms with van der Waals surface area (Å²) in [6, 6.07) is 12.5. The van der Waals surface area contributed by atoms with Crippen LogP contribution >= 0.6 is 11.6 Å². The van der Waals surface area contributed by atoms with E-state index in [1.807, 2.05) is 49.9 Å². The average molecular weight is 672 g/mol. The van der Waals surface area contributed by atoms with Gasteiger partial charge in [0.2, 0.25) is 0 Å². The van der Waals surface area contributed by atoms with Gasteiger partial charge in [-0.3, -0.25) is 14.6 Å². The molecule has 2 N–H and O–H groups in total. The van der Waals surface area contributed by atoms with Crippen LogP contribution in [-0.4, -0.2) is 81.7 Å². The number of hydrogen-bond donors (Lipinski definition) is 2. The number of esters is 1. The molecule has 3 aliphatic heterocycles. The first-order chi connectivity index (χ1) is 23.1. The number of benzene rings is 2. The number of hydrogen-bond acceptors (Lipinski definition) is 10. The molecule has 0 unspecified atom stereocenters. The molecule has 48 heavy (non-hydrogen) atoms. The maximum absolute atomic E-state index is 13.4. The van der Waals surface area contributed by atoms with E-state index in [1.54, 1.807) is 24.4 Å². The van der Waals surface area contributed by atoms with Gasteiger partial charge in [-0.1, -0.05) is 35.9 Å². The maximum atomic E-state index is 13.4. The lowest BCUT2D eigenvalue weighted by Crippen LogP contribution is -2.67. The number of fused-ring (bicyclic) bond motifs is 2. The van der Waals surface area contributed by atoms with Crippen LogP contribution < -0.4 is 15.5 Å². The predicted octanol–water partition coefficient (Wildman–Crippen LogP) is 3.99. The smallest absolute Gasteiger partial charge is 0.334 e. The lowest BCUT2D eigenvalue weighted by atomic mass is 9.97. The molecular weight excluding hydrogens is 638 g/mol. The molecule has 0 aliphatic carbocycles. The normalized spacial score (nSPS) is 16.7. The van der Waals surface area contributed by atoms with E-state index in [1.165, 1.54) is 12.2 Å². The number of imidazole rings is 1. The minimum Gasteiger partial charge on any atom is -0.467 e. The van der Waals surface area contributed by atoms with Crippen LogP contribution in [0.1, 0.15) is 43.6 Å². The standard InChI is InChI=1S/C34H34ClN7O6/c1-19-21(22-8-6-10-24(29(22)35)39-32(44)30-37-26-16-40(2)12-11-27(26)41(30)3)7-5-9-23(19)38-31(43)25-13-28-20(14-36-25)15-42(48-28)34(17-47-18-34)33(45)46-4/h5-10,13-14H,11-12,15-18H2,1-4H3,(H,38,43)(H,39,44). The highest BCUT2D eigenvalue weighted by molar-refractivity contribution is 6.36. The molecule has 2 aromatic carbocycles. The second-order valence-corrected chi connectivity index (χ2v) is 12.6. The first-order valence-corrected chi connectivity index (χ1v) is 15.8. The van der Waals surface area contributed by atoms with Crippen molar-refractivity contribution in [3.05, 3.63) is 87.7 Å². The Bertz CT molecular complexity index is 1970. The summed E-state index contributed by atoms with van der Waals surface area (Å²) in [6.45, 7) is 4.08. The van der Waals surface area contributed by atoms with E-state index < -0.39 is 17.4 Å². The van der Waals surface area contributed by atoms with Gasteiger partial charge in [-0.2, -0.15) is 0 Å².